The topological polar surface area (TPSA) is 98.8 Å². The first kappa shape index (κ1) is 22.5. The minimum atomic E-state index is -0.547. The molecule has 33 heavy (non-hydrogen) atoms. The molecule has 0 bridgehead atoms. The largest absolute Gasteiger partial charge is 0.450 e. The molecule has 1 saturated heterocycles. The molecule has 0 atom stereocenters. The minimum absolute atomic E-state index is 0.277. The molecule has 3 aromatic rings. The molecule has 1 fully saturated rings. The molecule has 0 saturated carbocycles. The third-order valence-corrected chi connectivity index (χ3v) is 5.70. The highest BCUT2D eigenvalue weighted by Crippen LogP contribution is 2.23. The lowest BCUT2D eigenvalue weighted by atomic mass is 10.1. The van der Waals surface area contributed by atoms with Gasteiger partial charge in [-0.2, -0.15) is 5.26 Å². The van der Waals surface area contributed by atoms with Gasteiger partial charge >= 0.3 is 11.7 Å². The molecule has 0 unspecified atom stereocenters. The molecule has 2 aromatic carbocycles. The first-order valence-corrected chi connectivity index (χ1v) is 11.0. The minimum Gasteiger partial charge on any atom is -0.450 e. The lowest BCUT2D eigenvalue weighted by molar-refractivity contribution is 0.122. The Hall–Kier alpha value is -3.67. The van der Waals surface area contributed by atoms with Gasteiger partial charge in [0, 0.05) is 62.5 Å². The number of carbonyl (C=O) groups is 1. The Morgan fingerprint density at radius 1 is 1.06 bits per heavy atom. The van der Waals surface area contributed by atoms with Gasteiger partial charge in [0.05, 0.1) is 18.2 Å². The summed E-state index contributed by atoms with van der Waals surface area (Å²) in [6.45, 7) is 7.14. The molecule has 0 radical (unpaired) electrons. The first-order valence-electron chi connectivity index (χ1n) is 11.0. The summed E-state index contributed by atoms with van der Waals surface area (Å²) in [5.41, 5.74) is 3.31. The Labute approximate surface area is 192 Å². The monoisotopic (exact) mass is 446 g/mol. The zero-order valence-electron chi connectivity index (χ0n) is 18.5. The number of nitrogens with one attached hydrogen (secondary N) is 1. The van der Waals surface area contributed by atoms with Crippen molar-refractivity contribution in [1.82, 2.24) is 9.80 Å². The van der Waals surface area contributed by atoms with Crippen molar-refractivity contribution in [3.63, 3.8) is 0 Å². The number of nitriles is 1. The lowest BCUT2D eigenvalue weighted by Crippen LogP contribution is -2.45. The van der Waals surface area contributed by atoms with Crippen LogP contribution in [0.1, 0.15) is 23.6 Å². The van der Waals surface area contributed by atoms with Crippen LogP contribution in [0.4, 0.5) is 10.5 Å². The zero-order chi connectivity index (χ0) is 23.2. The van der Waals surface area contributed by atoms with Crippen molar-refractivity contribution in [2.75, 3.05) is 38.1 Å². The van der Waals surface area contributed by atoms with Crippen molar-refractivity contribution >= 4 is 22.7 Å². The van der Waals surface area contributed by atoms with E-state index >= 15 is 0 Å². The fourth-order valence-corrected chi connectivity index (χ4v) is 4.01. The first-order chi connectivity index (χ1) is 16.0. The van der Waals surface area contributed by atoms with Crippen LogP contribution in [-0.4, -0.2) is 48.7 Å². The summed E-state index contributed by atoms with van der Waals surface area (Å²) >= 11 is 0. The summed E-state index contributed by atoms with van der Waals surface area (Å²) in [6.07, 6.45) is -0.547. The van der Waals surface area contributed by atoms with Crippen LogP contribution in [0.3, 0.4) is 0 Å². The van der Waals surface area contributed by atoms with Crippen molar-refractivity contribution < 1.29 is 13.9 Å². The maximum absolute atomic E-state index is 12.2. The number of ether oxygens (including phenoxy) is 1. The SMILES string of the molecule is CCOC(=O)Nc1ccc2c(CN3CCN(Cc4ccc(C#N)cc4)CC3)cc(=O)oc2c1. The third kappa shape index (κ3) is 5.77. The van der Waals surface area contributed by atoms with Gasteiger partial charge in [-0.05, 0) is 42.3 Å². The molecule has 0 spiro atoms. The van der Waals surface area contributed by atoms with Crippen molar-refractivity contribution in [3.05, 3.63) is 75.6 Å². The van der Waals surface area contributed by atoms with Crippen LogP contribution in [0, 0.1) is 11.3 Å². The molecule has 8 heteroatoms. The van der Waals surface area contributed by atoms with Crippen molar-refractivity contribution in [1.29, 1.82) is 5.26 Å². The van der Waals surface area contributed by atoms with Crippen LogP contribution < -0.4 is 10.9 Å². The molecule has 0 aliphatic carbocycles. The highest BCUT2D eigenvalue weighted by atomic mass is 16.5. The van der Waals surface area contributed by atoms with Gasteiger partial charge in [-0.3, -0.25) is 15.1 Å². The number of nitrogens with zero attached hydrogens (tertiary/aromatic N) is 3. The highest BCUT2D eigenvalue weighted by molar-refractivity contribution is 5.89. The van der Waals surface area contributed by atoms with E-state index < -0.39 is 11.7 Å². The number of rotatable bonds is 6. The van der Waals surface area contributed by atoms with E-state index in [9.17, 15) is 9.59 Å². The van der Waals surface area contributed by atoms with E-state index in [-0.39, 0.29) is 6.61 Å². The summed E-state index contributed by atoms with van der Waals surface area (Å²) in [6, 6.07) is 16.7. The van der Waals surface area contributed by atoms with Gasteiger partial charge in [0.15, 0.2) is 0 Å². The Morgan fingerprint density at radius 2 is 1.76 bits per heavy atom. The van der Waals surface area contributed by atoms with Gasteiger partial charge < -0.3 is 9.15 Å². The number of fused-ring (bicyclic) bond motifs is 1. The molecule has 4 rings (SSSR count). The number of hydrogen-bond acceptors (Lipinski definition) is 7. The van der Waals surface area contributed by atoms with Crippen molar-refractivity contribution in [3.8, 4) is 6.07 Å². The zero-order valence-corrected chi connectivity index (χ0v) is 18.5. The summed E-state index contributed by atoms with van der Waals surface area (Å²) in [5.74, 6) is 0. The number of anilines is 1. The van der Waals surface area contributed by atoms with E-state index in [1.807, 2.05) is 30.3 Å². The molecular formula is C25H26N4O4. The lowest BCUT2D eigenvalue weighted by Gasteiger charge is -2.34. The normalized spacial score (nSPS) is 14.7. The van der Waals surface area contributed by atoms with Crippen LogP contribution >= 0.6 is 0 Å². The molecule has 1 amide bonds. The average molecular weight is 447 g/mol. The van der Waals surface area contributed by atoms with Gasteiger partial charge in [-0.15, -0.1) is 0 Å². The Kier molecular flexibility index (Phi) is 7.03. The van der Waals surface area contributed by atoms with E-state index in [2.05, 4.69) is 21.2 Å². The second kappa shape index (κ2) is 10.3. The van der Waals surface area contributed by atoms with E-state index in [1.165, 1.54) is 5.56 Å². The van der Waals surface area contributed by atoms with Crippen LogP contribution in [-0.2, 0) is 17.8 Å². The fourth-order valence-electron chi connectivity index (χ4n) is 4.01. The van der Waals surface area contributed by atoms with Crippen LogP contribution in [0.15, 0.2) is 57.7 Å². The van der Waals surface area contributed by atoms with Crippen molar-refractivity contribution in [2.24, 2.45) is 0 Å². The molecule has 1 aliphatic rings. The number of hydrogen-bond donors (Lipinski definition) is 1. The number of benzene rings is 2. The highest BCUT2D eigenvalue weighted by Gasteiger charge is 2.19. The summed E-state index contributed by atoms with van der Waals surface area (Å²) in [7, 11) is 0. The van der Waals surface area contributed by atoms with Crippen LogP contribution in [0.2, 0.25) is 0 Å². The van der Waals surface area contributed by atoms with Gasteiger partial charge in [0.2, 0.25) is 0 Å². The van der Waals surface area contributed by atoms with Gasteiger partial charge in [0.25, 0.3) is 0 Å². The molecular weight excluding hydrogens is 420 g/mol. The molecule has 170 valence electrons. The quantitative estimate of drug-likeness (QED) is 0.578. The number of piperazine rings is 1. The Morgan fingerprint density at radius 3 is 2.42 bits per heavy atom. The standard InChI is InChI=1S/C25H26N4O4/c1-2-32-25(31)27-21-7-8-22-20(13-24(30)33-23(22)14-21)17-29-11-9-28(10-12-29)16-19-5-3-18(15-26)4-6-19/h3-8,13-14H,2,9-12,16-17H2,1H3,(H,27,31). The predicted octanol–water partition coefficient (Wildman–Crippen LogP) is 3.55. The van der Waals surface area contributed by atoms with Gasteiger partial charge in [-0.25, -0.2) is 9.59 Å². The average Bonchev–Trinajstić information content (AvgIpc) is 2.80. The summed E-state index contributed by atoms with van der Waals surface area (Å²) < 4.78 is 10.3. The van der Waals surface area contributed by atoms with E-state index in [0.29, 0.717) is 23.4 Å². The van der Waals surface area contributed by atoms with E-state index in [1.54, 1.807) is 25.1 Å². The van der Waals surface area contributed by atoms with Gasteiger partial charge in [-0.1, -0.05) is 12.1 Å². The third-order valence-electron chi connectivity index (χ3n) is 5.70. The predicted molar refractivity (Wildman–Crippen MR) is 125 cm³/mol. The second-order valence-corrected chi connectivity index (χ2v) is 8.01. The molecule has 2 heterocycles. The molecule has 8 nitrogen and oxygen atoms in total. The fraction of sp³-hybridized carbons (Fsp3) is 0.320. The van der Waals surface area contributed by atoms with Crippen molar-refractivity contribution in [2.45, 2.75) is 20.0 Å². The van der Waals surface area contributed by atoms with E-state index in [0.717, 1.165) is 43.7 Å². The smallest absolute Gasteiger partial charge is 0.411 e. The van der Waals surface area contributed by atoms with Gasteiger partial charge in [0.1, 0.15) is 5.58 Å². The Bertz CT molecular complexity index is 1220. The van der Waals surface area contributed by atoms with Crippen LogP contribution in [0.25, 0.3) is 11.0 Å². The van der Waals surface area contributed by atoms with Crippen LogP contribution in [0.5, 0.6) is 0 Å². The Balaban J connectivity index is 1.40. The molecule has 1 aliphatic heterocycles. The second-order valence-electron chi connectivity index (χ2n) is 8.01. The molecule has 1 N–H and O–H groups in total. The summed E-state index contributed by atoms with van der Waals surface area (Å²) in [4.78, 5) is 28.5. The number of amides is 1. The van der Waals surface area contributed by atoms with E-state index in [4.69, 9.17) is 14.4 Å². The maximum Gasteiger partial charge on any atom is 0.411 e. The summed E-state index contributed by atoms with van der Waals surface area (Å²) in [5, 5.41) is 12.4. The maximum atomic E-state index is 12.2. The molecule has 1 aromatic heterocycles. The number of carbonyl (C=O) groups excluding carboxylic acids is 1.